The highest BCUT2D eigenvalue weighted by Gasteiger charge is 2.35. The summed E-state index contributed by atoms with van der Waals surface area (Å²) in [5, 5.41) is 11.7. The van der Waals surface area contributed by atoms with Crippen molar-refractivity contribution in [3.8, 4) is 0 Å². The van der Waals surface area contributed by atoms with Gasteiger partial charge in [0.05, 0.1) is 0 Å². The number of nitrogens with one attached hydrogen (secondary N) is 1. The van der Waals surface area contributed by atoms with Gasteiger partial charge in [-0.3, -0.25) is 0 Å². The molecule has 0 aromatic heterocycles. The van der Waals surface area contributed by atoms with Crippen molar-refractivity contribution in [3.05, 3.63) is 0 Å². The van der Waals surface area contributed by atoms with Gasteiger partial charge >= 0.3 is 12.0 Å². The minimum absolute atomic E-state index is 0.133. The molecule has 2 unspecified atom stereocenters. The van der Waals surface area contributed by atoms with Crippen LogP contribution in [0.25, 0.3) is 0 Å². The molecule has 6 heteroatoms. The van der Waals surface area contributed by atoms with E-state index in [2.05, 4.69) is 17.1 Å². The summed E-state index contributed by atoms with van der Waals surface area (Å²) in [4.78, 5) is 27.0. The molecule has 1 heterocycles. The number of likely N-dealkylation sites (tertiary alicyclic amines) is 1. The van der Waals surface area contributed by atoms with Gasteiger partial charge in [-0.1, -0.05) is 20.8 Å². The highest BCUT2D eigenvalue weighted by atomic mass is 16.4. The fourth-order valence-corrected chi connectivity index (χ4v) is 2.53. The minimum Gasteiger partial charge on any atom is -0.480 e. The van der Waals surface area contributed by atoms with Crippen molar-refractivity contribution in [2.75, 3.05) is 27.2 Å². The number of carboxylic acid groups (broad SMARTS) is 1. The molecule has 0 spiro atoms. The fraction of sp³-hybridized carbons (Fsp3) is 0.846. The molecule has 0 aromatic rings. The monoisotopic (exact) mass is 271 g/mol. The van der Waals surface area contributed by atoms with Gasteiger partial charge in [0.15, 0.2) is 0 Å². The molecule has 1 saturated heterocycles. The van der Waals surface area contributed by atoms with Crippen molar-refractivity contribution in [3.63, 3.8) is 0 Å². The van der Waals surface area contributed by atoms with Gasteiger partial charge < -0.3 is 20.2 Å². The van der Waals surface area contributed by atoms with Crippen molar-refractivity contribution in [1.82, 2.24) is 15.1 Å². The third-order valence-corrected chi connectivity index (χ3v) is 3.73. The van der Waals surface area contributed by atoms with Gasteiger partial charge in [0, 0.05) is 19.1 Å². The lowest BCUT2D eigenvalue weighted by Crippen LogP contribution is -2.50. The lowest BCUT2D eigenvalue weighted by atomic mass is 10.1. The Balaban J connectivity index is 2.62. The van der Waals surface area contributed by atoms with Crippen LogP contribution in [0.2, 0.25) is 0 Å². The second-order valence-electron chi connectivity index (χ2n) is 5.92. The van der Waals surface area contributed by atoms with Gasteiger partial charge in [-0.15, -0.1) is 0 Å². The number of aliphatic carboxylic acids is 1. The number of rotatable bonds is 4. The molecule has 19 heavy (non-hydrogen) atoms. The van der Waals surface area contributed by atoms with Gasteiger partial charge in [-0.05, 0) is 25.9 Å². The number of urea groups is 1. The number of carbonyl (C=O) groups is 2. The standard InChI is InChI=1S/C13H25N3O3/c1-8(2)11(12(17)18)14-13(19)16-6-9(3)10(7-16)15(4)5/h8-11H,6-7H2,1-5H3,(H,14,19)(H,17,18)/t9?,10?,11-/m1/s1. The first-order chi connectivity index (χ1) is 8.73. The molecule has 1 rings (SSSR count). The third-order valence-electron chi connectivity index (χ3n) is 3.73. The summed E-state index contributed by atoms with van der Waals surface area (Å²) in [6, 6.07) is -0.786. The summed E-state index contributed by atoms with van der Waals surface area (Å²) >= 11 is 0. The van der Waals surface area contributed by atoms with E-state index in [4.69, 9.17) is 5.11 Å². The zero-order chi connectivity index (χ0) is 14.7. The van der Waals surface area contributed by atoms with Crippen LogP contribution >= 0.6 is 0 Å². The largest absolute Gasteiger partial charge is 0.480 e. The molecular weight excluding hydrogens is 246 g/mol. The third kappa shape index (κ3) is 3.83. The molecule has 0 aromatic carbocycles. The second-order valence-corrected chi connectivity index (χ2v) is 5.92. The highest BCUT2D eigenvalue weighted by Crippen LogP contribution is 2.20. The first kappa shape index (κ1) is 15.8. The van der Waals surface area contributed by atoms with Crippen LogP contribution in [0.5, 0.6) is 0 Å². The number of hydrogen-bond acceptors (Lipinski definition) is 3. The molecule has 0 aliphatic carbocycles. The Hall–Kier alpha value is -1.30. The number of likely N-dealkylation sites (N-methyl/N-ethyl adjacent to an activating group) is 1. The lowest BCUT2D eigenvalue weighted by Gasteiger charge is -2.24. The molecule has 0 saturated carbocycles. The Labute approximate surface area is 114 Å². The van der Waals surface area contributed by atoms with Crippen LogP contribution in [0.15, 0.2) is 0 Å². The highest BCUT2D eigenvalue weighted by molar-refractivity contribution is 5.83. The Morgan fingerprint density at radius 2 is 1.89 bits per heavy atom. The van der Waals surface area contributed by atoms with Crippen molar-refractivity contribution in [1.29, 1.82) is 0 Å². The lowest BCUT2D eigenvalue weighted by molar-refractivity contribution is -0.140. The second kappa shape index (κ2) is 6.23. The summed E-state index contributed by atoms with van der Waals surface area (Å²) in [7, 11) is 3.99. The van der Waals surface area contributed by atoms with E-state index >= 15 is 0 Å². The van der Waals surface area contributed by atoms with E-state index in [1.54, 1.807) is 18.7 Å². The fourth-order valence-electron chi connectivity index (χ4n) is 2.53. The topological polar surface area (TPSA) is 72.9 Å². The van der Waals surface area contributed by atoms with Gasteiger partial charge in [0.1, 0.15) is 6.04 Å². The molecule has 3 atom stereocenters. The first-order valence-corrected chi connectivity index (χ1v) is 6.68. The number of carboxylic acids is 1. The molecule has 2 N–H and O–H groups in total. The predicted octanol–water partition coefficient (Wildman–Crippen LogP) is 0.687. The Morgan fingerprint density at radius 3 is 2.26 bits per heavy atom. The summed E-state index contributed by atoms with van der Waals surface area (Å²) in [6.07, 6.45) is 0. The van der Waals surface area contributed by atoms with E-state index in [-0.39, 0.29) is 11.9 Å². The average molecular weight is 271 g/mol. The number of hydrogen-bond donors (Lipinski definition) is 2. The summed E-state index contributed by atoms with van der Waals surface area (Å²) in [6.45, 7) is 6.99. The van der Waals surface area contributed by atoms with E-state index in [1.165, 1.54) is 0 Å². The maximum absolute atomic E-state index is 12.1. The Morgan fingerprint density at radius 1 is 1.32 bits per heavy atom. The van der Waals surface area contributed by atoms with Crippen LogP contribution < -0.4 is 5.32 Å². The minimum atomic E-state index is -0.986. The molecule has 1 fully saturated rings. The average Bonchev–Trinajstić information content (AvgIpc) is 2.67. The molecule has 6 nitrogen and oxygen atoms in total. The Bertz CT molecular complexity index is 344. The van der Waals surface area contributed by atoms with Crippen LogP contribution in [0.4, 0.5) is 4.79 Å². The maximum Gasteiger partial charge on any atom is 0.326 e. The summed E-state index contributed by atoms with van der Waals surface area (Å²) in [5.74, 6) is -0.728. The first-order valence-electron chi connectivity index (χ1n) is 6.68. The normalized spacial score (nSPS) is 24.9. The quantitative estimate of drug-likeness (QED) is 0.789. The predicted molar refractivity (Wildman–Crippen MR) is 73.0 cm³/mol. The zero-order valence-electron chi connectivity index (χ0n) is 12.4. The van der Waals surface area contributed by atoms with E-state index in [9.17, 15) is 9.59 Å². The molecule has 1 aliphatic heterocycles. The Kier molecular flexibility index (Phi) is 5.17. The number of carbonyl (C=O) groups excluding carboxylic acids is 1. The summed E-state index contributed by atoms with van der Waals surface area (Å²) < 4.78 is 0. The molecule has 1 aliphatic rings. The van der Waals surface area contributed by atoms with Crippen LogP contribution in [-0.2, 0) is 4.79 Å². The van der Waals surface area contributed by atoms with E-state index in [0.29, 0.717) is 25.0 Å². The van der Waals surface area contributed by atoms with Crippen molar-refractivity contribution < 1.29 is 14.7 Å². The molecular formula is C13H25N3O3. The molecule has 2 amide bonds. The van der Waals surface area contributed by atoms with Crippen molar-refractivity contribution >= 4 is 12.0 Å². The SMILES string of the molecule is CC1CN(C(=O)N[C@@H](C(=O)O)C(C)C)CC1N(C)C. The zero-order valence-corrected chi connectivity index (χ0v) is 12.4. The van der Waals surface area contributed by atoms with E-state index in [1.807, 2.05) is 14.1 Å². The van der Waals surface area contributed by atoms with Gasteiger partial charge in [-0.25, -0.2) is 9.59 Å². The van der Waals surface area contributed by atoms with E-state index in [0.717, 1.165) is 0 Å². The van der Waals surface area contributed by atoms with E-state index < -0.39 is 12.0 Å². The van der Waals surface area contributed by atoms with Crippen molar-refractivity contribution in [2.24, 2.45) is 11.8 Å². The van der Waals surface area contributed by atoms with Crippen molar-refractivity contribution in [2.45, 2.75) is 32.9 Å². The molecule has 0 radical (unpaired) electrons. The van der Waals surface area contributed by atoms with Crippen LogP contribution in [-0.4, -0.2) is 66.2 Å². The van der Waals surface area contributed by atoms with Crippen LogP contribution in [0.1, 0.15) is 20.8 Å². The molecule has 110 valence electrons. The number of amides is 2. The number of nitrogens with zero attached hydrogens (tertiary/aromatic N) is 2. The van der Waals surface area contributed by atoms with Crippen LogP contribution in [0, 0.1) is 11.8 Å². The molecule has 0 bridgehead atoms. The summed E-state index contributed by atoms with van der Waals surface area (Å²) in [5.41, 5.74) is 0. The van der Waals surface area contributed by atoms with Gasteiger partial charge in [-0.2, -0.15) is 0 Å². The van der Waals surface area contributed by atoms with Gasteiger partial charge in [0.25, 0.3) is 0 Å². The van der Waals surface area contributed by atoms with Gasteiger partial charge in [0.2, 0.25) is 0 Å². The maximum atomic E-state index is 12.1. The van der Waals surface area contributed by atoms with Crippen LogP contribution in [0.3, 0.4) is 0 Å². The smallest absolute Gasteiger partial charge is 0.326 e.